The van der Waals surface area contributed by atoms with Gasteiger partial charge in [0.25, 0.3) is 5.91 Å². The zero-order chi connectivity index (χ0) is 26.1. The molecule has 0 saturated carbocycles. The van der Waals surface area contributed by atoms with Crippen molar-refractivity contribution in [2.75, 3.05) is 13.2 Å². The van der Waals surface area contributed by atoms with Crippen LogP contribution in [0.1, 0.15) is 30.5 Å². The fourth-order valence-corrected chi connectivity index (χ4v) is 4.44. The van der Waals surface area contributed by atoms with E-state index >= 15 is 0 Å². The van der Waals surface area contributed by atoms with Gasteiger partial charge in [-0.1, -0.05) is 88.2 Å². The van der Waals surface area contributed by atoms with Gasteiger partial charge in [-0.15, -0.1) is 0 Å². The number of hydrogen-bond donors (Lipinski definition) is 1. The minimum absolute atomic E-state index is 0.169. The van der Waals surface area contributed by atoms with Gasteiger partial charge in [0.15, 0.2) is 6.61 Å². The summed E-state index contributed by atoms with van der Waals surface area (Å²) in [5.74, 6) is 0.478. The van der Waals surface area contributed by atoms with E-state index in [1.807, 2.05) is 93.6 Å². The molecule has 3 aromatic rings. The second-order valence-corrected chi connectivity index (χ2v) is 11.0. The Morgan fingerprint density at radius 2 is 1.67 bits per heavy atom. The summed E-state index contributed by atoms with van der Waals surface area (Å²) in [5.41, 5.74) is 2.92. The third-order valence-corrected chi connectivity index (χ3v) is 7.07. The van der Waals surface area contributed by atoms with E-state index in [0.29, 0.717) is 24.6 Å². The largest absolute Gasteiger partial charge is 0.484 e. The predicted molar refractivity (Wildman–Crippen MR) is 151 cm³/mol. The molecule has 1 atom stereocenters. The number of carbonyl (C=O) groups is 2. The van der Waals surface area contributed by atoms with Crippen molar-refractivity contribution in [3.05, 3.63) is 98.4 Å². The van der Waals surface area contributed by atoms with Gasteiger partial charge >= 0.3 is 0 Å². The molecule has 0 bridgehead atoms. The molecule has 3 aromatic carbocycles. The number of nitrogens with zero attached hydrogens (tertiary/aromatic N) is 1. The van der Waals surface area contributed by atoms with E-state index in [1.165, 1.54) is 0 Å². The maximum Gasteiger partial charge on any atom is 0.261 e. The molecule has 0 saturated heterocycles. The van der Waals surface area contributed by atoms with Gasteiger partial charge in [-0.05, 0) is 59.9 Å². The Balaban J connectivity index is 1.90. The Kier molecular flexibility index (Phi) is 10.6. The van der Waals surface area contributed by atoms with Gasteiger partial charge in [0, 0.05) is 28.5 Å². The molecule has 0 heterocycles. The van der Waals surface area contributed by atoms with E-state index in [2.05, 4.69) is 37.2 Å². The number of nitrogens with one attached hydrogen (secondary N) is 1. The summed E-state index contributed by atoms with van der Waals surface area (Å²) in [4.78, 5) is 28.7. The molecule has 0 aromatic heterocycles. The lowest BCUT2D eigenvalue weighted by atomic mass is 10.0. The number of amides is 2. The second kappa shape index (κ2) is 13.6. The number of hydrogen-bond acceptors (Lipinski definition) is 3. The van der Waals surface area contributed by atoms with Crippen molar-refractivity contribution >= 4 is 43.7 Å². The Labute approximate surface area is 230 Å². The highest BCUT2D eigenvalue weighted by Gasteiger charge is 2.30. The van der Waals surface area contributed by atoms with Gasteiger partial charge in [0.2, 0.25) is 5.91 Å². The molecule has 2 amide bonds. The van der Waals surface area contributed by atoms with E-state index in [4.69, 9.17) is 4.74 Å². The third-order valence-electron chi connectivity index (χ3n) is 5.69. The van der Waals surface area contributed by atoms with Crippen LogP contribution in [0.5, 0.6) is 5.75 Å². The molecule has 1 N–H and O–H groups in total. The minimum Gasteiger partial charge on any atom is -0.484 e. The monoisotopic (exact) mass is 614 g/mol. The van der Waals surface area contributed by atoms with E-state index in [-0.39, 0.29) is 25.0 Å². The Bertz CT molecular complexity index is 1170. The van der Waals surface area contributed by atoms with Crippen molar-refractivity contribution in [2.24, 2.45) is 5.92 Å². The SMILES string of the molecule is Cc1cc(OCC(=O)N(Cc2cccc(Br)c2)[C@@H](Cc2ccccc2)C(=O)NCC(C)C)ccc1Br. The van der Waals surface area contributed by atoms with E-state index in [1.54, 1.807) is 4.90 Å². The normalized spacial score (nSPS) is 11.7. The summed E-state index contributed by atoms with van der Waals surface area (Å²) in [6, 6.07) is 22.5. The van der Waals surface area contributed by atoms with Gasteiger partial charge in [-0.2, -0.15) is 0 Å². The van der Waals surface area contributed by atoms with Gasteiger partial charge < -0.3 is 15.0 Å². The highest BCUT2D eigenvalue weighted by Crippen LogP contribution is 2.22. The van der Waals surface area contributed by atoms with Crippen LogP contribution in [-0.4, -0.2) is 35.9 Å². The first-order valence-corrected chi connectivity index (χ1v) is 13.6. The van der Waals surface area contributed by atoms with Gasteiger partial charge in [-0.25, -0.2) is 0 Å². The van der Waals surface area contributed by atoms with Crippen molar-refractivity contribution in [2.45, 2.75) is 39.8 Å². The maximum absolute atomic E-state index is 13.6. The molecule has 5 nitrogen and oxygen atoms in total. The summed E-state index contributed by atoms with van der Waals surface area (Å²) in [7, 11) is 0. The zero-order valence-electron chi connectivity index (χ0n) is 20.8. The van der Waals surface area contributed by atoms with Crippen LogP contribution in [0.2, 0.25) is 0 Å². The third kappa shape index (κ3) is 8.49. The van der Waals surface area contributed by atoms with Crippen molar-refractivity contribution in [3.63, 3.8) is 0 Å². The zero-order valence-corrected chi connectivity index (χ0v) is 24.0. The van der Waals surface area contributed by atoms with Crippen molar-refractivity contribution in [1.82, 2.24) is 10.2 Å². The first-order valence-electron chi connectivity index (χ1n) is 12.0. The number of rotatable bonds is 11. The van der Waals surface area contributed by atoms with Crippen LogP contribution >= 0.6 is 31.9 Å². The Hall–Kier alpha value is -2.64. The molecule has 0 radical (unpaired) electrons. The van der Waals surface area contributed by atoms with Crippen LogP contribution in [0.4, 0.5) is 0 Å². The lowest BCUT2D eigenvalue weighted by molar-refractivity contribution is -0.142. The van der Waals surface area contributed by atoms with Crippen LogP contribution in [0.15, 0.2) is 81.7 Å². The summed E-state index contributed by atoms with van der Waals surface area (Å²) < 4.78 is 7.76. The number of aryl methyl sites for hydroxylation is 1. The average molecular weight is 616 g/mol. The molecule has 0 unspecified atom stereocenters. The van der Waals surface area contributed by atoms with E-state index < -0.39 is 6.04 Å². The molecular formula is C29H32Br2N2O3. The molecular weight excluding hydrogens is 584 g/mol. The Morgan fingerprint density at radius 1 is 0.944 bits per heavy atom. The van der Waals surface area contributed by atoms with E-state index in [0.717, 1.165) is 25.6 Å². The van der Waals surface area contributed by atoms with Gasteiger partial charge in [0.05, 0.1) is 0 Å². The molecule has 7 heteroatoms. The molecule has 0 aliphatic heterocycles. The molecule has 0 spiro atoms. The van der Waals surface area contributed by atoms with Crippen LogP contribution in [0.25, 0.3) is 0 Å². The van der Waals surface area contributed by atoms with Crippen molar-refractivity contribution < 1.29 is 14.3 Å². The first-order chi connectivity index (χ1) is 17.2. The highest BCUT2D eigenvalue weighted by molar-refractivity contribution is 9.10. The van der Waals surface area contributed by atoms with Gasteiger partial charge in [0.1, 0.15) is 11.8 Å². The molecule has 190 valence electrons. The summed E-state index contributed by atoms with van der Waals surface area (Å²) in [6.07, 6.45) is 0.405. The first kappa shape index (κ1) is 27.9. The fourth-order valence-electron chi connectivity index (χ4n) is 3.74. The number of ether oxygens (including phenoxy) is 1. The smallest absolute Gasteiger partial charge is 0.261 e. The molecule has 0 aliphatic rings. The highest BCUT2D eigenvalue weighted by atomic mass is 79.9. The van der Waals surface area contributed by atoms with Crippen molar-refractivity contribution in [3.8, 4) is 5.75 Å². The summed E-state index contributed by atoms with van der Waals surface area (Å²) in [6.45, 7) is 6.71. The average Bonchev–Trinajstić information content (AvgIpc) is 2.86. The lowest BCUT2D eigenvalue weighted by Gasteiger charge is -2.31. The molecule has 0 fully saturated rings. The van der Waals surface area contributed by atoms with Crippen LogP contribution in [0.3, 0.4) is 0 Å². The second-order valence-electron chi connectivity index (χ2n) is 9.20. The predicted octanol–water partition coefficient (Wildman–Crippen LogP) is 6.31. The minimum atomic E-state index is -0.687. The lowest BCUT2D eigenvalue weighted by Crippen LogP contribution is -2.52. The number of benzene rings is 3. The van der Waals surface area contributed by atoms with Crippen molar-refractivity contribution in [1.29, 1.82) is 0 Å². The summed E-state index contributed by atoms with van der Waals surface area (Å²) in [5, 5.41) is 3.03. The summed E-state index contributed by atoms with van der Waals surface area (Å²) >= 11 is 7.00. The molecule has 3 rings (SSSR count). The fraction of sp³-hybridized carbons (Fsp3) is 0.310. The van der Waals surface area contributed by atoms with Crippen LogP contribution < -0.4 is 10.1 Å². The quantitative estimate of drug-likeness (QED) is 0.275. The van der Waals surface area contributed by atoms with Crippen LogP contribution in [0, 0.1) is 12.8 Å². The molecule has 0 aliphatic carbocycles. The topological polar surface area (TPSA) is 58.6 Å². The number of halogens is 2. The van der Waals surface area contributed by atoms with E-state index in [9.17, 15) is 9.59 Å². The maximum atomic E-state index is 13.6. The van der Waals surface area contributed by atoms with Crippen LogP contribution in [-0.2, 0) is 22.6 Å². The number of carbonyl (C=O) groups excluding carboxylic acids is 2. The van der Waals surface area contributed by atoms with Gasteiger partial charge in [-0.3, -0.25) is 9.59 Å². The Morgan fingerprint density at radius 3 is 2.33 bits per heavy atom. The standard InChI is InChI=1S/C29H32Br2N2O3/c1-20(2)17-32-29(35)27(16-22-8-5-4-6-9-22)33(18-23-10-7-11-24(30)15-23)28(34)19-36-25-12-13-26(31)21(3)14-25/h4-15,20,27H,16-19H2,1-3H3,(H,32,35)/t27-/m0/s1. The molecule has 36 heavy (non-hydrogen) atoms.